The normalized spacial score (nSPS) is 11.7. The molecule has 0 spiro atoms. The number of sulfonamides is 1. The van der Waals surface area contributed by atoms with Crippen molar-refractivity contribution in [2.24, 2.45) is 0 Å². The van der Waals surface area contributed by atoms with Gasteiger partial charge < -0.3 is 14.7 Å². The number of hydrogen-bond donors (Lipinski definition) is 1. The second kappa shape index (κ2) is 11.5. The zero-order valence-corrected chi connectivity index (χ0v) is 19.6. The summed E-state index contributed by atoms with van der Waals surface area (Å²) in [5.41, 5.74) is 0.992. The molecule has 0 amide bonds. The summed E-state index contributed by atoms with van der Waals surface area (Å²) in [6, 6.07) is 9.04. The van der Waals surface area contributed by atoms with E-state index in [0.717, 1.165) is 30.0 Å². The highest BCUT2D eigenvalue weighted by Crippen LogP contribution is 2.41. The second-order valence-electron chi connectivity index (χ2n) is 7.61. The third-order valence-corrected chi connectivity index (χ3v) is 6.81. The lowest BCUT2D eigenvalue weighted by molar-refractivity contribution is 0.281. The fourth-order valence-corrected chi connectivity index (χ4v) is 4.22. The Balaban J connectivity index is 2.77. The molecule has 2 aromatic carbocycles. The smallest absolute Gasteiger partial charge is 0.246 e. The quantitative estimate of drug-likeness (QED) is 0.502. The molecule has 0 radical (unpaired) electrons. The molecule has 6 nitrogen and oxygen atoms in total. The number of hydrogen-bond acceptors (Lipinski definition) is 5. The van der Waals surface area contributed by atoms with Gasteiger partial charge in [0.25, 0.3) is 0 Å². The van der Waals surface area contributed by atoms with Gasteiger partial charge in [-0.15, -0.1) is 0 Å². The number of benzene rings is 2. The SMILES string of the molecule is CCCCN(CCCC)c1cc(CO)cc(S(=O)(=O)N(C)C)c1Oc1ccccc1F. The fraction of sp³-hybridized carbons (Fsp3) is 0.478. The topological polar surface area (TPSA) is 70.1 Å². The van der Waals surface area contributed by atoms with E-state index in [9.17, 15) is 17.9 Å². The van der Waals surface area contributed by atoms with Crippen LogP contribution in [0.4, 0.5) is 10.1 Å². The molecule has 2 rings (SSSR count). The Labute approximate surface area is 185 Å². The molecule has 0 aliphatic carbocycles. The van der Waals surface area contributed by atoms with Gasteiger partial charge in [0, 0.05) is 27.2 Å². The molecule has 0 atom stereocenters. The molecule has 8 heteroatoms. The van der Waals surface area contributed by atoms with E-state index in [1.165, 1.54) is 32.3 Å². The molecule has 1 N–H and O–H groups in total. The molecule has 172 valence electrons. The molecule has 0 aromatic heterocycles. The van der Waals surface area contributed by atoms with Crippen molar-refractivity contribution < 1.29 is 22.7 Å². The van der Waals surface area contributed by atoms with Gasteiger partial charge >= 0.3 is 0 Å². The van der Waals surface area contributed by atoms with E-state index < -0.39 is 15.8 Å². The number of halogens is 1. The number of rotatable bonds is 12. The van der Waals surface area contributed by atoms with Gasteiger partial charge in [-0.2, -0.15) is 0 Å². The van der Waals surface area contributed by atoms with Crippen molar-refractivity contribution in [3.8, 4) is 11.5 Å². The van der Waals surface area contributed by atoms with Crippen LogP contribution in [-0.2, 0) is 16.6 Å². The van der Waals surface area contributed by atoms with Crippen LogP contribution in [0.15, 0.2) is 41.3 Å². The molecule has 0 fully saturated rings. The minimum atomic E-state index is -3.92. The molecule has 0 aliphatic rings. The summed E-state index contributed by atoms with van der Waals surface area (Å²) in [7, 11) is -1.06. The summed E-state index contributed by atoms with van der Waals surface area (Å²) in [6.45, 7) is 5.24. The first kappa shape index (κ1) is 25.1. The van der Waals surface area contributed by atoms with Crippen molar-refractivity contribution >= 4 is 15.7 Å². The summed E-state index contributed by atoms with van der Waals surface area (Å²) >= 11 is 0. The number of para-hydroxylation sites is 1. The first-order valence-corrected chi connectivity index (χ1v) is 12.1. The van der Waals surface area contributed by atoms with Crippen LogP contribution >= 0.6 is 0 Å². The zero-order valence-electron chi connectivity index (χ0n) is 18.8. The number of aliphatic hydroxyl groups excluding tert-OH is 1. The van der Waals surface area contributed by atoms with Crippen LogP contribution in [-0.4, -0.2) is 45.0 Å². The number of nitrogens with zero attached hydrogens (tertiary/aromatic N) is 2. The molecule has 0 heterocycles. The Kier molecular flexibility index (Phi) is 9.28. The van der Waals surface area contributed by atoms with Gasteiger partial charge in [0.15, 0.2) is 17.3 Å². The van der Waals surface area contributed by atoms with Crippen LogP contribution < -0.4 is 9.64 Å². The summed E-state index contributed by atoms with van der Waals surface area (Å²) in [4.78, 5) is 1.97. The lowest BCUT2D eigenvalue weighted by Crippen LogP contribution is -2.28. The molecule has 0 saturated heterocycles. The van der Waals surface area contributed by atoms with Crippen LogP contribution in [0.3, 0.4) is 0 Å². The zero-order chi connectivity index (χ0) is 23.0. The van der Waals surface area contributed by atoms with Crippen molar-refractivity contribution in [3.63, 3.8) is 0 Å². The molecular weight excluding hydrogens is 419 g/mol. The summed E-state index contributed by atoms with van der Waals surface area (Å²) in [5.74, 6) is -0.564. The predicted molar refractivity (Wildman–Crippen MR) is 122 cm³/mol. The molecular formula is C23H33FN2O4S. The molecule has 0 aliphatic heterocycles. The highest BCUT2D eigenvalue weighted by molar-refractivity contribution is 7.89. The monoisotopic (exact) mass is 452 g/mol. The molecule has 0 bridgehead atoms. The first-order valence-electron chi connectivity index (χ1n) is 10.6. The predicted octanol–water partition coefficient (Wildman–Crippen LogP) is 4.77. The van der Waals surface area contributed by atoms with Crippen molar-refractivity contribution in [1.82, 2.24) is 4.31 Å². The maximum absolute atomic E-state index is 14.4. The van der Waals surface area contributed by atoms with Crippen molar-refractivity contribution in [2.45, 2.75) is 51.0 Å². The number of unbranched alkanes of at least 4 members (excludes halogenated alkanes) is 2. The van der Waals surface area contributed by atoms with Crippen LogP contribution in [0.5, 0.6) is 11.5 Å². The van der Waals surface area contributed by atoms with Crippen molar-refractivity contribution in [1.29, 1.82) is 0 Å². The summed E-state index contributed by atoms with van der Waals surface area (Å²) in [6.07, 6.45) is 3.74. The number of anilines is 1. The van der Waals surface area contributed by atoms with Gasteiger partial charge in [-0.25, -0.2) is 17.1 Å². The minimum Gasteiger partial charge on any atom is -0.451 e. The molecule has 0 saturated carbocycles. The lowest BCUT2D eigenvalue weighted by atomic mass is 10.1. The largest absolute Gasteiger partial charge is 0.451 e. The van der Waals surface area contributed by atoms with Crippen LogP contribution in [0.1, 0.15) is 45.1 Å². The molecule has 2 aromatic rings. The third-order valence-electron chi connectivity index (χ3n) is 4.99. The average Bonchev–Trinajstić information content (AvgIpc) is 2.75. The third kappa shape index (κ3) is 6.18. The van der Waals surface area contributed by atoms with Crippen LogP contribution in [0, 0.1) is 5.82 Å². The Morgan fingerprint density at radius 1 is 1.03 bits per heavy atom. The maximum atomic E-state index is 14.4. The van der Waals surface area contributed by atoms with Crippen molar-refractivity contribution in [3.05, 3.63) is 47.8 Å². The number of ether oxygens (including phenoxy) is 1. The van der Waals surface area contributed by atoms with Gasteiger partial charge in [-0.3, -0.25) is 0 Å². The Bertz CT molecular complexity index is 956. The van der Waals surface area contributed by atoms with E-state index in [1.807, 2.05) is 0 Å². The van der Waals surface area contributed by atoms with Crippen molar-refractivity contribution in [2.75, 3.05) is 32.1 Å². The van der Waals surface area contributed by atoms with E-state index in [2.05, 4.69) is 18.7 Å². The Morgan fingerprint density at radius 3 is 2.16 bits per heavy atom. The second-order valence-corrected chi connectivity index (χ2v) is 9.73. The summed E-state index contributed by atoms with van der Waals surface area (Å²) < 4.78 is 47.7. The van der Waals surface area contributed by atoms with Gasteiger partial charge in [0.1, 0.15) is 4.90 Å². The fourth-order valence-electron chi connectivity index (χ4n) is 3.15. The average molecular weight is 453 g/mol. The molecule has 0 unspecified atom stereocenters. The van der Waals surface area contributed by atoms with E-state index in [1.54, 1.807) is 18.2 Å². The molecule has 31 heavy (non-hydrogen) atoms. The Hall–Kier alpha value is -2.16. The van der Waals surface area contributed by atoms with E-state index in [-0.39, 0.29) is 23.0 Å². The highest BCUT2D eigenvalue weighted by atomic mass is 32.2. The maximum Gasteiger partial charge on any atom is 0.246 e. The van der Waals surface area contributed by atoms with Gasteiger partial charge in [-0.1, -0.05) is 38.8 Å². The lowest BCUT2D eigenvalue weighted by Gasteiger charge is -2.29. The van der Waals surface area contributed by atoms with E-state index >= 15 is 0 Å². The standard InChI is InChI=1S/C23H33FN2O4S/c1-5-7-13-26(14-8-6-2)20-15-18(17-27)16-22(31(28,29)25(3)4)23(20)30-21-12-10-9-11-19(21)24/h9-12,15-16,27H,5-8,13-14,17H2,1-4H3. The van der Waals surface area contributed by atoms with E-state index in [0.29, 0.717) is 24.3 Å². The van der Waals surface area contributed by atoms with E-state index in [4.69, 9.17) is 4.74 Å². The van der Waals surface area contributed by atoms with Crippen LogP contribution in [0.25, 0.3) is 0 Å². The van der Waals surface area contributed by atoms with Gasteiger partial charge in [0.2, 0.25) is 10.0 Å². The van der Waals surface area contributed by atoms with Crippen LogP contribution in [0.2, 0.25) is 0 Å². The minimum absolute atomic E-state index is 0.0540. The van der Waals surface area contributed by atoms with Gasteiger partial charge in [0.05, 0.1) is 12.3 Å². The Morgan fingerprint density at radius 2 is 1.65 bits per heavy atom. The highest BCUT2D eigenvalue weighted by Gasteiger charge is 2.28. The number of aliphatic hydroxyl groups is 1. The first-order chi connectivity index (χ1) is 14.8. The summed E-state index contributed by atoms with van der Waals surface area (Å²) in [5, 5.41) is 9.82. The van der Waals surface area contributed by atoms with Gasteiger partial charge in [-0.05, 0) is 42.7 Å².